The summed E-state index contributed by atoms with van der Waals surface area (Å²) in [5.74, 6) is -0.698. The van der Waals surface area contributed by atoms with E-state index in [1.807, 2.05) is 19.0 Å². The fourth-order valence-corrected chi connectivity index (χ4v) is 1.79. The molecule has 0 saturated heterocycles. The number of hydrogen-bond donors (Lipinski definition) is 1. The average Bonchev–Trinajstić information content (AvgIpc) is 2.37. The van der Waals surface area contributed by atoms with Gasteiger partial charge in [0, 0.05) is 26.7 Å². The number of rotatable bonds is 5. The fourth-order valence-electron chi connectivity index (χ4n) is 1.79. The number of nitrogens with two attached hydrogens (primary N) is 1. The van der Waals surface area contributed by atoms with Crippen molar-refractivity contribution in [3.05, 3.63) is 23.8 Å². The van der Waals surface area contributed by atoms with Gasteiger partial charge in [0.05, 0.1) is 18.0 Å². The Balaban J connectivity index is 2.82. The summed E-state index contributed by atoms with van der Waals surface area (Å²) in [6, 6.07) is 5.08. The van der Waals surface area contributed by atoms with Gasteiger partial charge in [0.15, 0.2) is 0 Å². The first kappa shape index (κ1) is 15.8. The third-order valence-corrected chi connectivity index (χ3v) is 2.77. The smallest absolute Gasteiger partial charge is 0.325 e. The number of carbonyl (C=O) groups excluding carboxylic acids is 2. The molecule has 0 fully saturated rings. The summed E-state index contributed by atoms with van der Waals surface area (Å²) >= 11 is 0. The third-order valence-electron chi connectivity index (χ3n) is 2.77. The first-order valence-electron chi connectivity index (χ1n) is 6.34. The standard InChI is InChI=1S/C14H21N3O3/c1-5-20-13(18)9-17(4)14(19)10-6-7-12(16(2)3)11(15)8-10/h6-8H,5,9,15H2,1-4H3. The van der Waals surface area contributed by atoms with Crippen LogP contribution in [0.2, 0.25) is 0 Å². The number of hydrogen-bond acceptors (Lipinski definition) is 5. The quantitative estimate of drug-likeness (QED) is 0.642. The van der Waals surface area contributed by atoms with E-state index in [-0.39, 0.29) is 12.5 Å². The molecule has 6 heteroatoms. The molecule has 0 aromatic heterocycles. The molecule has 20 heavy (non-hydrogen) atoms. The molecule has 0 aliphatic heterocycles. The Labute approximate surface area is 119 Å². The van der Waals surface area contributed by atoms with Gasteiger partial charge in [-0.25, -0.2) is 0 Å². The Bertz CT molecular complexity index is 500. The van der Waals surface area contributed by atoms with Crippen molar-refractivity contribution in [3.63, 3.8) is 0 Å². The van der Waals surface area contributed by atoms with Crippen LogP contribution in [0.1, 0.15) is 17.3 Å². The minimum Gasteiger partial charge on any atom is -0.465 e. The Morgan fingerprint density at radius 1 is 1.25 bits per heavy atom. The van der Waals surface area contributed by atoms with E-state index < -0.39 is 5.97 Å². The minimum atomic E-state index is -0.429. The lowest BCUT2D eigenvalue weighted by atomic mass is 10.1. The normalized spacial score (nSPS) is 10.0. The van der Waals surface area contributed by atoms with Crippen LogP contribution in [0, 0.1) is 0 Å². The van der Waals surface area contributed by atoms with Crippen LogP contribution < -0.4 is 10.6 Å². The van der Waals surface area contributed by atoms with Gasteiger partial charge in [0.1, 0.15) is 6.54 Å². The highest BCUT2D eigenvalue weighted by Crippen LogP contribution is 2.22. The van der Waals surface area contributed by atoms with Gasteiger partial charge >= 0.3 is 5.97 Å². The van der Waals surface area contributed by atoms with Crippen molar-refractivity contribution >= 4 is 23.3 Å². The molecule has 0 bridgehead atoms. The van der Waals surface area contributed by atoms with Gasteiger partial charge in [-0.15, -0.1) is 0 Å². The van der Waals surface area contributed by atoms with Crippen molar-refractivity contribution < 1.29 is 14.3 Å². The van der Waals surface area contributed by atoms with Crippen molar-refractivity contribution in [1.29, 1.82) is 0 Å². The van der Waals surface area contributed by atoms with E-state index in [1.165, 1.54) is 4.90 Å². The molecule has 6 nitrogen and oxygen atoms in total. The SMILES string of the molecule is CCOC(=O)CN(C)C(=O)c1ccc(N(C)C)c(N)c1. The van der Waals surface area contributed by atoms with Gasteiger partial charge < -0.3 is 20.3 Å². The maximum absolute atomic E-state index is 12.2. The van der Waals surface area contributed by atoms with E-state index in [1.54, 1.807) is 32.2 Å². The largest absolute Gasteiger partial charge is 0.465 e. The van der Waals surface area contributed by atoms with Crippen LogP contribution in [-0.4, -0.2) is 51.1 Å². The lowest BCUT2D eigenvalue weighted by Gasteiger charge is -2.19. The van der Waals surface area contributed by atoms with E-state index in [0.29, 0.717) is 17.9 Å². The molecule has 0 saturated carbocycles. The summed E-state index contributed by atoms with van der Waals surface area (Å²) < 4.78 is 4.81. The second-order valence-electron chi connectivity index (χ2n) is 4.63. The van der Waals surface area contributed by atoms with Crippen molar-refractivity contribution in [1.82, 2.24) is 4.90 Å². The summed E-state index contributed by atoms with van der Waals surface area (Å²) in [6.45, 7) is 1.94. The molecule has 0 spiro atoms. The van der Waals surface area contributed by atoms with E-state index in [9.17, 15) is 9.59 Å². The Hall–Kier alpha value is -2.24. The average molecular weight is 279 g/mol. The van der Waals surface area contributed by atoms with Crippen LogP contribution >= 0.6 is 0 Å². The lowest BCUT2D eigenvalue weighted by Crippen LogP contribution is -2.33. The van der Waals surface area contributed by atoms with Crippen molar-refractivity contribution in [2.75, 3.05) is 44.9 Å². The van der Waals surface area contributed by atoms with Crippen molar-refractivity contribution in [2.45, 2.75) is 6.92 Å². The number of nitrogens with zero attached hydrogens (tertiary/aromatic N) is 2. The molecular weight excluding hydrogens is 258 g/mol. The number of esters is 1. The van der Waals surface area contributed by atoms with Crippen LogP contribution in [0.3, 0.4) is 0 Å². The number of anilines is 2. The number of benzene rings is 1. The summed E-state index contributed by atoms with van der Waals surface area (Å²) in [5.41, 5.74) is 7.71. The zero-order valence-corrected chi connectivity index (χ0v) is 12.3. The molecule has 0 radical (unpaired) electrons. The molecule has 0 aliphatic rings. The van der Waals surface area contributed by atoms with E-state index >= 15 is 0 Å². The number of ether oxygens (including phenoxy) is 1. The summed E-state index contributed by atoms with van der Waals surface area (Å²) in [5, 5.41) is 0. The second kappa shape index (κ2) is 6.79. The number of nitrogen functional groups attached to an aromatic ring is 1. The van der Waals surface area contributed by atoms with Gasteiger partial charge in [0.2, 0.25) is 0 Å². The molecule has 0 unspecified atom stereocenters. The molecule has 0 atom stereocenters. The van der Waals surface area contributed by atoms with Gasteiger partial charge in [-0.05, 0) is 25.1 Å². The molecule has 1 aromatic rings. The van der Waals surface area contributed by atoms with Crippen LogP contribution in [0.5, 0.6) is 0 Å². The van der Waals surface area contributed by atoms with E-state index in [0.717, 1.165) is 5.69 Å². The maximum Gasteiger partial charge on any atom is 0.325 e. The number of carbonyl (C=O) groups is 2. The van der Waals surface area contributed by atoms with Crippen molar-refractivity contribution in [3.8, 4) is 0 Å². The fraction of sp³-hybridized carbons (Fsp3) is 0.429. The predicted octanol–water partition coefficient (Wildman–Crippen LogP) is 0.970. The van der Waals surface area contributed by atoms with Crippen LogP contribution in [-0.2, 0) is 9.53 Å². The zero-order valence-electron chi connectivity index (χ0n) is 12.3. The Kier molecular flexibility index (Phi) is 5.37. The summed E-state index contributed by atoms with van der Waals surface area (Å²) in [7, 11) is 5.30. The van der Waals surface area contributed by atoms with Crippen molar-refractivity contribution in [2.24, 2.45) is 0 Å². The number of amides is 1. The van der Waals surface area contributed by atoms with E-state index in [2.05, 4.69) is 0 Å². The monoisotopic (exact) mass is 279 g/mol. The van der Waals surface area contributed by atoms with Crippen LogP contribution in [0.25, 0.3) is 0 Å². The third kappa shape index (κ3) is 3.88. The number of likely N-dealkylation sites (N-methyl/N-ethyl adjacent to an activating group) is 1. The molecule has 1 aromatic carbocycles. The highest BCUT2D eigenvalue weighted by Gasteiger charge is 2.16. The molecule has 1 amide bonds. The topological polar surface area (TPSA) is 75.9 Å². The van der Waals surface area contributed by atoms with Gasteiger partial charge in [-0.2, -0.15) is 0 Å². The van der Waals surface area contributed by atoms with E-state index in [4.69, 9.17) is 10.5 Å². The molecular formula is C14H21N3O3. The molecule has 2 N–H and O–H groups in total. The molecule has 0 heterocycles. The maximum atomic E-state index is 12.2. The van der Waals surface area contributed by atoms with Gasteiger partial charge in [-0.3, -0.25) is 9.59 Å². The Morgan fingerprint density at radius 2 is 1.90 bits per heavy atom. The van der Waals surface area contributed by atoms with Crippen LogP contribution in [0.4, 0.5) is 11.4 Å². The first-order valence-corrected chi connectivity index (χ1v) is 6.34. The lowest BCUT2D eigenvalue weighted by molar-refractivity contribution is -0.143. The highest BCUT2D eigenvalue weighted by atomic mass is 16.5. The van der Waals surface area contributed by atoms with Gasteiger partial charge in [0.25, 0.3) is 5.91 Å². The highest BCUT2D eigenvalue weighted by molar-refractivity contribution is 5.97. The predicted molar refractivity (Wildman–Crippen MR) is 78.8 cm³/mol. The summed E-state index contributed by atoms with van der Waals surface area (Å²) in [6.07, 6.45) is 0. The summed E-state index contributed by atoms with van der Waals surface area (Å²) in [4.78, 5) is 26.7. The minimum absolute atomic E-state index is 0.0813. The second-order valence-corrected chi connectivity index (χ2v) is 4.63. The Morgan fingerprint density at radius 3 is 2.40 bits per heavy atom. The molecule has 1 rings (SSSR count). The first-order chi connectivity index (χ1) is 9.36. The molecule has 110 valence electrons. The van der Waals surface area contributed by atoms with Crippen LogP contribution in [0.15, 0.2) is 18.2 Å². The van der Waals surface area contributed by atoms with Gasteiger partial charge in [-0.1, -0.05) is 0 Å². The molecule has 0 aliphatic carbocycles. The zero-order chi connectivity index (χ0) is 15.3.